The molecule has 0 unspecified atom stereocenters. The fraction of sp³-hybridized carbons (Fsp3) is 0.289. The molecule has 0 radical (unpaired) electrons. The lowest BCUT2D eigenvalue weighted by Crippen LogP contribution is -2.24. The number of halogens is 2. The summed E-state index contributed by atoms with van der Waals surface area (Å²) in [5.41, 5.74) is 7.55. The molecule has 45 heavy (non-hydrogen) atoms. The van der Waals surface area contributed by atoms with E-state index < -0.39 is 6.61 Å². The van der Waals surface area contributed by atoms with Crippen molar-refractivity contribution in [3.8, 4) is 34.1 Å². The molecular weight excluding hydrogens is 568 g/mol. The van der Waals surface area contributed by atoms with Crippen LogP contribution in [0.25, 0.3) is 22.6 Å². The molecule has 7 heteroatoms. The molecule has 0 aliphatic heterocycles. The van der Waals surface area contributed by atoms with Crippen LogP contribution in [0.2, 0.25) is 0 Å². The van der Waals surface area contributed by atoms with Crippen molar-refractivity contribution in [1.29, 1.82) is 0 Å². The van der Waals surface area contributed by atoms with E-state index in [2.05, 4.69) is 88.7 Å². The van der Waals surface area contributed by atoms with Gasteiger partial charge in [0.15, 0.2) is 0 Å². The highest BCUT2D eigenvalue weighted by Crippen LogP contribution is 2.33. The van der Waals surface area contributed by atoms with Gasteiger partial charge in [0.25, 0.3) is 0 Å². The maximum atomic E-state index is 12.8. The summed E-state index contributed by atoms with van der Waals surface area (Å²) in [5.74, 6) is 1.91. The topological polar surface area (TPSA) is 39.5 Å². The maximum Gasteiger partial charge on any atom is 0.387 e. The molecule has 0 amide bonds. The van der Waals surface area contributed by atoms with Crippen molar-refractivity contribution < 1.29 is 18.3 Å². The number of unbranched alkanes of at least 4 members (excludes halogenated alkanes) is 1. The molecular formula is C38H41F2N3O2. The van der Waals surface area contributed by atoms with Crippen molar-refractivity contribution in [1.82, 2.24) is 14.5 Å². The van der Waals surface area contributed by atoms with Gasteiger partial charge in [0.1, 0.15) is 17.3 Å². The van der Waals surface area contributed by atoms with Crippen molar-refractivity contribution in [3.63, 3.8) is 0 Å². The van der Waals surface area contributed by atoms with E-state index in [9.17, 15) is 8.78 Å². The van der Waals surface area contributed by atoms with Gasteiger partial charge in [-0.15, -0.1) is 0 Å². The quantitative estimate of drug-likeness (QED) is 0.119. The summed E-state index contributed by atoms with van der Waals surface area (Å²) in [5, 5.41) is 0. The van der Waals surface area contributed by atoms with E-state index in [1.807, 2.05) is 37.3 Å². The Hall–Kier alpha value is -4.49. The number of hydrogen-bond acceptors (Lipinski definition) is 4. The van der Waals surface area contributed by atoms with E-state index in [-0.39, 0.29) is 5.75 Å². The summed E-state index contributed by atoms with van der Waals surface area (Å²) in [4.78, 5) is 7.71. The third-order valence-corrected chi connectivity index (χ3v) is 7.68. The second kappa shape index (κ2) is 15.5. The van der Waals surface area contributed by atoms with Gasteiger partial charge in [0, 0.05) is 37.3 Å². The molecule has 1 heterocycles. The molecule has 5 rings (SSSR count). The Balaban J connectivity index is 1.60. The predicted octanol–water partition coefficient (Wildman–Crippen LogP) is 9.53. The van der Waals surface area contributed by atoms with Crippen LogP contribution in [-0.4, -0.2) is 27.7 Å². The van der Waals surface area contributed by atoms with Crippen LogP contribution in [0.5, 0.6) is 11.5 Å². The van der Waals surface area contributed by atoms with Crippen LogP contribution >= 0.6 is 0 Å². The lowest BCUT2D eigenvalue weighted by molar-refractivity contribution is -0.0498. The fourth-order valence-electron chi connectivity index (χ4n) is 5.63. The number of aromatic nitrogens is 2. The Bertz CT molecular complexity index is 1650. The number of nitrogens with zero attached hydrogens (tertiary/aromatic N) is 3. The minimum Gasteiger partial charge on any atom is -0.494 e. The number of rotatable bonds is 15. The highest BCUT2D eigenvalue weighted by molar-refractivity contribution is 5.69. The number of ether oxygens (including phenoxy) is 2. The van der Waals surface area contributed by atoms with Gasteiger partial charge in [0.2, 0.25) is 0 Å². The van der Waals surface area contributed by atoms with Gasteiger partial charge in [-0.2, -0.15) is 8.78 Å². The third kappa shape index (κ3) is 8.58. The van der Waals surface area contributed by atoms with Gasteiger partial charge in [-0.1, -0.05) is 97.8 Å². The van der Waals surface area contributed by atoms with Crippen LogP contribution in [0.4, 0.5) is 8.78 Å². The molecule has 1 aromatic heterocycles. The number of aryl methyl sites for hydroxylation is 1. The predicted molar refractivity (Wildman–Crippen MR) is 176 cm³/mol. The average Bonchev–Trinajstić information content (AvgIpc) is 3.39. The molecule has 5 nitrogen and oxygen atoms in total. The van der Waals surface area contributed by atoms with Crippen LogP contribution in [0.3, 0.4) is 0 Å². The second-order valence-electron chi connectivity index (χ2n) is 11.2. The van der Waals surface area contributed by atoms with Crippen LogP contribution in [0.15, 0.2) is 103 Å². The van der Waals surface area contributed by atoms with Gasteiger partial charge in [-0.3, -0.25) is 4.90 Å². The van der Waals surface area contributed by atoms with Crippen LogP contribution < -0.4 is 9.47 Å². The first-order valence-electron chi connectivity index (χ1n) is 15.6. The third-order valence-electron chi connectivity index (χ3n) is 7.68. The monoisotopic (exact) mass is 609 g/mol. The Labute approximate surface area is 265 Å². The zero-order valence-electron chi connectivity index (χ0n) is 26.3. The van der Waals surface area contributed by atoms with Crippen molar-refractivity contribution >= 4 is 0 Å². The van der Waals surface area contributed by atoms with E-state index in [0.29, 0.717) is 26.2 Å². The maximum absolute atomic E-state index is 12.8. The van der Waals surface area contributed by atoms with Crippen molar-refractivity contribution in [2.24, 2.45) is 0 Å². The Morgan fingerprint density at radius 1 is 0.756 bits per heavy atom. The molecule has 0 aliphatic rings. The van der Waals surface area contributed by atoms with E-state index >= 15 is 0 Å². The molecule has 0 saturated heterocycles. The fourth-order valence-corrected chi connectivity index (χ4v) is 5.63. The largest absolute Gasteiger partial charge is 0.494 e. The van der Waals surface area contributed by atoms with Crippen LogP contribution in [-0.2, 0) is 26.2 Å². The summed E-state index contributed by atoms with van der Waals surface area (Å²) in [7, 11) is 0. The highest BCUT2D eigenvalue weighted by atomic mass is 19.3. The first-order valence-corrected chi connectivity index (χ1v) is 15.6. The molecule has 0 atom stereocenters. The molecule has 0 bridgehead atoms. The smallest absolute Gasteiger partial charge is 0.387 e. The standard InChI is InChI=1S/C38H41F2N3O2/c1-4-6-22-43-35(36(32-16-11-17-34(24-32)44-5-2)41-37(43)31-14-8-7-9-15-31)27-42(26-30-13-10-12-28(3)23-30)25-29-18-20-33(21-19-29)45-38(39)40/h7-21,23-24,38H,4-6,22,25-27H2,1-3H3. The van der Waals surface area contributed by atoms with Crippen LogP contribution in [0.1, 0.15) is 49.1 Å². The van der Waals surface area contributed by atoms with E-state index in [1.165, 1.54) is 11.1 Å². The van der Waals surface area contributed by atoms with Gasteiger partial charge in [0.05, 0.1) is 18.0 Å². The summed E-state index contributed by atoms with van der Waals surface area (Å²) < 4.78 is 38.5. The summed E-state index contributed by atoms with van der Waals surface area (Å²) >= 11 is 0. The molecule has 0 fully saturated rings. The zero-order chi connectivity index (χ0) is 31.6. The molecule has 0 saturated carbocycles. The van der Waals surface area contributed by atoms with Gasteiger partial charge in [-0.25, -0.2) is 4.98 Å². The van der Waals surface area contributed by atoms with Gasteiger partial charge < -0.3 is 14.0 Å². The highest BCUT2D eigenvalue weighted by Gasteiger charge is 2.23. The lowest BCUT2D eigenvalue weighted by atomic mass is 10.1. The van der Waals surface area contributed by atoms with Crippen molar-refractivity contribution in [3.05, 3.63) is 126 Å². The van der Waals surface area contributed by atoms with E-state index in [1.54, 1.807) is 12.1 Å². The SMILES string of the molecule is CCCCn1c(-c2ccccc2)nc(-c2cccc(OCC)c2)c1CN(Cc1ccc(OC(F)F)cc1)Cc1cccc(C)c1. The normalized spacial score (nSPS) is 11.4. The summed E-state index contributed by atoms with van der Waals surface area (Å²) in [6, 6.07) is 34.0. The molecule has 234 valence electrons. The Morgan fingerprint density at radius 3 is 2.20 bits per heavy atom. The number of imidazole rings is 1. The number of alkyl halides is 2. The second-order valence-corrected chi connectivity index (χ2v) is 11.2. The van der Waals surface area contributed by atoms with E-state index in [0.717, 1.165) is 59.0 Å². The first kappa shape index (κ1) is 31.9. The van der Waals surface area contributed by atoms with E-state index in [4.69, 9.17) is 9.72 Å². The molecule has 4 aromatic carbocycles. The van der Waals surface area contributed by atoms with Gasteiger partial charge >= 0.3 is 6.61 Å². The molecule has 0 N–H and O–H groups in total. The minimum atomic E-state index is -2.85. The van der Waals surface area contributed by atoms with Crippen molar-refractivity contribution in [2.75, 3.05) is 6.61 Å². The summed E-state index contributed by atoms with van der Waals surface area (Å²) in [6.07, 6.45) is 2.08. The van der Waals surface area contributed by atoms with Gasteiger partial charge in [-0.05, 0) is 55.7 Å². The number of benzene rings is 4. The van der Waals surface area contributed by atoms with Crippen molar-refractivity contribution in [2.45, 2.75) is 66.4 Å². The first-order chi connectivity index (χ1) is 21.9. The Morgan fingerprint density at radius 2 is 1.49 bits per heavy atom. The minimum absolute atomic E-state index is 0.153. The average molecular weight is 610 g/mol. The molecule has 0 spiro atoms. The lowest BCUT2D eigenvalue weighted by Gasteiger charge is -2.25. The molecule has 5 aromatic rings. The Kier molecular flexibility index (Phi) is 11.0. The molecule has 0 aliphatic carbocycles. The summed E-state index contributed by atoms with van der Waals surface area (Å²) in [6.45, 7) is 6.81. The zero-order valence-corrected chi connectivity index (χ0v) is 26.3. The van der Waals surface area contributed by atoms with Crippen LogP contribution in [0, 0.1) is 6.92 Å². The number of hydrogen-bond donors (Lipinski definition) is 0.